The van der Waals surface area contributed by atoms with Gasteiger partial charge in [-0.15, -0.1) is 0 Å². The van der Waals surface area contributed by atoms with Crippen molar-refractivity contribution in [2.45, 2.75) is 59.2 Å². The number of hydrogen-bond donors (Lipinski definition) is 1. The maximum atomic E-state index is 10.4. The second-order valence-corrected chi connectivity index (χ2v) is 5.27. The maximum absolute atomic E-state index is 10.4. The minimum absolute atomic E-state index is 0.129. The molecular formula is C16H26O2. The number of benzene rings is 1. The van der Waals surface area contributed by atoms with Gasteiger partial charge >= 0.3 is 0 Å². The van der Waals surface area contributed by atoms with Crippen LogP contribution in [0.3, 0.4) is 0 Å². The third-order valence-electron chi connectivity index (χ3n) is 3.15. The molecule has 0 aromatic heterocycles. The Morgan fingerprint density at radius 1 is 1.17 bits per heavy atom. The van der Waals surface area contributed by atoms with Crippen LogP contribution >= 0.6 is 0 Å². The SMILES string of the molecule is CCCCC(C)C(O)c1ccccc1OC(C)C. The van der Waals surface area contributed by atoms with Gasteiger partial charge in [-0.25, -0.2) is 0 Å². The normalized spacial score (nSPS) is 14.6. The highest BCUT2D eigenvalue weighted by Crippen LogP contribution is 2.32. The standard InChI is InChI=1S/C16H26O2/c1-5-6-9-13(4)16(17)14-10-7-8-11-15(14)18-12(2)3/h7-8,10-13,16-17H,5-6,9H2,1-4H3. The van der Waals surface area contributed by atoms with Gasteiger partial charge in [0.25, 0.3) is 0 Å². The van der Waals surface area contributed by atoms with Gasteiger partial charge in [-0.2, -0.15) is 0 Å². The summed E-state index contributed by atoms with van der Waals surface area (Å²) in [7, 11) is 0. The van der Waals surface area contributed by atoms with Crippen LogP contribution in [-0.2, 0) is 0 Å². The quantitative estimate of drug-likeness (QED) is 0.780. The Kier molecular flexibility index (Phi) is 6.20. The molecule has 0 heterocycles. The Balaban J connectivity index is 2.80. The number of aliphatic hydroxyl groups is 1. The van der Waals surface area contributed by atoms with Gasteiger partial charge in [-0.05, 0) is 32.3 Å². The fourth-order valence-electron chi connectivity index (χ4n) is 2.08. The summed E-state index contributed by atoms with van der Waals surface area (Å²) in [5, 5.41) is 10.4. The summed E-state index contributed by atoms with van der Waals surface area (Å²) in [6.07, 6.45) is 3.07. The van der Waals surface area contributed by atoms with E-state index in [0.717, 1.165) is 24.2 Å². The van der Waals surface area contributed by atoms with Crippen LogP contribution in [0.2, 0.25) is 0 Å². The molecule has 0 fully saturated rings. The molecule has 1 rings (SSSR count). The van der Waals surface area contributed by atoms with E-state index in [-0.39, 0.29) is 12.0 Å². The third-order valence-corrected chi connectivity index (χ3v) is 3.15. The van der Waals surface area contributed by atoms with Crippen molar-refractivity contribution in [1.29, 1.82) is 0 Å². The van der Waals surface area contributed by atoms with Crippen molar-refractivity contribution in [3.8, 4) is 5.75 Å². The van der Waals surface area contributed by atoms with Crippen LogP contribution in [0.15, 0.2) is 24.3 Å². The van der Waals surface area contributed by atoms with Gasteiger partial charge in [0.1, 0.15) is 5.75 Å². The molecule has 1 N–H and O–H groups in total. The summed E-state index contributed by atoms with van der Waals surface area (Å²) in [4.78, 5) is 0. The average Bonchev–Trinajstić information content (AvgIpc) is 2.35. The highest BCUT2D eigenvalue weighted by molar-refractivity contribution is 5.35. The Morgan fingerprint density at radius 2 is 1.83 bits per heavy atom. The summed E-state index contributed by atoms with van der Waals surface area (Å²) >= 11 is 0. The summed E-state index contributed by atoms with van der Waals surface area (Å²) in [6, 6.07) is 7.80. The lowest BCUT2D eigenvalue weighted by Crippen LogP contribution is -2.13. The summed E-state index contributed by atoms with van der Waals surface area (Å²) in [6.45, 7) is 8.29. The van der Waals surface area contributed by atoms with Crippen molar-refractivity contribution in [2.75, 3.05) is 0 Å². The predicted molar refractivity (Wildman–Crippen MR) is 75.9 cm³/mol. The molecule has 0 aliphatic rings. The van der Waals surface area contributed by atoms with E-state index in [1.165, 1.54) is 6.42 Å². The number of unbranched alkanes of at least 4 members (excludes halogenated alkanes) is 1. The number of rotatable bonds is 7. The first kappa shape index (κ1) is 15.0. The Hall–Kier alpha value is -1.02. The first-order valence-corrected chi connectivity index (χ1v) is 6.99. The molecule has 0 aliphatic heterocycles. The summed E-state index contributed by atoms with van der Waals surface area (Å²) < 4.78 is 5.76. The van der Waals surface area contributed by atoms with Crippen LogP contribution in [0.4, 0.5) is 0 Å². The summed E-state index contributed by atoms with van der Waals surface area (Å²) in [5.74, 6) is 1.07. The van der Waals surface area contributed by atoms with E-state index >= 15 is 0 Å². The molecule has 102 valence electrons. The number of ether oxygens (including phenoxy) is 1. The van der Waals surface area contributed by atoms with Gasteiger partial charge in [-0.3, -0.25) is 0 Å². The molecule has 0 bridgehead atoms. The van der Waals surface area contributed by atoms with Gasteiger partial charge in [0, 0.05) is 5.56 Å². The van der Waals surface area contributed by atoms with Crippen molar-refractivity contribution in [3.05, 3.63) is 29.8 Å². The van der Waals surface area contributed by atoms with E-state index in [2.05, 4.69) is 13.8 Å². The highest BCUT2D eigenvalue weighted by Gasteiger charge is 2.19. The molecule has 2 unspecified atom stereocenters. The van der Waals surface area contributed by atoms with Crippen LogP contribution < -0.4 is 4.74 Å². The molecule has 0 saturated heterocycles. The van der Waals surface area contributed by atoms with Crippen molar-refractivity contribution in [2.24, 2.45) is 5.92 Å². The first-order chi connectivity index (χ1) is 8.56. The molecule has 1 aromatic carbocycles. The molecule has 0 aliphatic carbocycles. The summed E-state index contributed by atoms with van der Waals surface area (Å²) in [5.41, 5.74) is 0.912. The van der Waals surface area contributed by atoms with Crippen LogP contribution in [-0.4, -0.2) is 11.2 Å². The van der Waals surface area contributed by atoms with Crippen LogP contribution in [0.1, 0.15) is 58.6 Å². The van der Waals surface area contributed by atoms with E-state index in [9.17, 15) is 5.11 Å². The second-order valence-electron chi connectivity index (χ2n) is 5.27. The second kappa shape index (κ2) is 7.42. The molecule has 1 aromatic rings. The van der Waals surface area contributed by atoms with Crippen LogP contribution in [0.5, 0.6) is 5.75 Å². The molecule has 2 heteroatoms. The van der Waals surface area contributed by atoms with Crippen LogP contribution in [0, 0.1) is 5.92 Å². The molecule has 0 saturated carbocycles. The number of hydrogen-bond acceptors (Lipinski definition) is 2. The molecule has 2 nitrogen and oxygen atoms in total. The first-order valence-electron chi connectivity index (χ1n) is 6.99. The lowest BCUT2D eigenvalue weighted by molar-refractivity contribution is 0.105. The zero-order chi connectivity index (χ0) is 13.5. The van der Waals surface area contributed by atoms with Crippen molar-refractivity contribution >= 4 is 0 Å². The predicted octanol–water partition coefficient (Wildman–Crippen LogP) is 4.33. The van der Waals surface area contributed by atoms with E-state index in [4.69, 9.17) is 4.74 Å². The molecule has 0 radical (unpaired) electrons. The number of aliphatic hydroxyl groups excluding tert-OH is 1. The molecule has 0 spiro atoms. The molecule has 18 heavy (non-hydrogen) atoms. The minimum Gasteiger partial charge on any atom is -0.491 e. The van der Waals surface area contributed by atoms with E-state index in [1.807, 2.05) is 38.1 Å². The number of para-hydroxylation sites is 1. The molecule has 0 amide bonds. The fourth-order valence-corrected chi connectivity index (χ4v) is 2.08. The minimum atomic E-state index is -0.438. The third kappa shape index (κ3) is 4.34. The smallest absolute Gasteiger partial charge is 0.125 e. The van der Waals surface area contributed by atoms with E-state index in [0.29, 0.717) is 0 Å². The topological polar surface area (TPSA) is 29.5 Å². The Morgan fingerprint density at radius 3 is 2.44 bits per heavy atom. The Labute approximate surface area is 111 Å². The Bertz CT molecular complexity index is 347. The van der Waals surface area contributed by atoms with Crippen molar-refractivity contribution in [3.63, 3.8) is 0 Å². The zero-order valence-corrected chi connectivity index (χ0v) is 12.0. The van der Waals surface area contributed by atoms with Gasteiger partial charge in [0.05, 0.1) is 12.2 Å². The maximum Gasteiger partial charge on any atom is 0.125 e. The zero-order valence-electron chi connectivity index (χ0n) is 12.0. The van der Waals surface area contributed by atoms with Crippen molar-refractivity contribution in [1.82, 2.24) is 0 Å². The van der Waals surface area contributed by atoms with Gasteiger partial charge in [0.15, 0.2) is 0 Å². The van der Waals surface area contributed by atoms with Gasteiger partial charge in [0.2, 0.25) is 0 Å². The lowest BCUT2D eigenvalue weighted by Gasteiger charge is -2.22. The lowest BCUT2D eigenvalue weighted by atomic mass is 9.92. The monoisotopic (exact) mass is 250 g/mol. The van der Waals surface area contributed by atoms with E-state index < -0.39 is 6.10 Å². The fraction of sp³-hybridized carbons (Fsp3) is 0.625. The molecule has 2 atom stereocenters. The van der Waals surface area contributed by atoms with Crippen LogP contribution in [0.25, 0.3) is 0 Å². The largest absolute Gasteiger partial charge is 0.491 e. The van der Waals surface area contributed by atoms with E-state index in [1.54, 1.807) is 0 Å². The van der Waals surface area contributed by atoms with Crippen molar-refractivity contribution < 1.29 is 9.84 Å². The van der Waals surface area contributed by atoms with Gasteiger partial charge in [-0.1, -0.05) is 44.9 Å². The highest BCUT2D eigenvalue weighted by atomic mass is 16.5. The molecular weight excluding hydrogens is 224 g/mol. The average molecular weight is 250 g/mol. The van der Waals surface area contributed by atoms with Gasteiger partial charge < -0.3 is 9.84 Å².